The summed E-state index contributed by atoms with van der Waals surface area (Å²) in [7, 11) is -3.38. The molecule has 8 heteroatoms. The maximum atomic E-state index is 12.9. The molecule has 158 valence electrons. The van der Waals surface area contributed by atoms with E-state index in [1.807, 2.05) is 31.2 Å². The summed E-state index contributed by atoms with van der Waals surface area (Å²) in [6.45, 7) is 3.94. The molecule has 1 fully saturated rings. The van der Waals surface area contributed by atoms with Gasteiger partial charge in [0.15, 0.2) is 0 Å². The number of hydrogen-bond donors (Lipinski definition) is 1. The number of carbonyl (C=O) groups is 2. The van der Waals surface area contributed by atoms with Crippen LogP contribution in [0.4, 0.5) is 17.1 Å². The maximum Gasteiger partial charge on any atom is 0.230 e. The van der Waals surface area contributed by atoms with Gasteiger partial charge in [0.05, 0.1) is 23.7 Å². The number of carbonyl (C=O) groups excluding carboxylic acids is 2. The Kier molecular flexibility index (Phi) is 5.05. The van der Waals surface area contributed by atoms with Gasteiger partial charge in [-0.15, -0.1) is 0 Å². The van der Waals surface area contributed by atoms with Crippen LogP contribution in [0.3, 0.4) is 0 Å². The van der Waals surface area contributed by atoms with E-state index in [1.165, 1.54) is 6.92 Å². The molecule has 2 aliphatic rings. The number of rotatable bonds is 4. The van der Waals surface area contributed by atoms with E-state index < -0.39 is 10.0 Å². The third kappa shape index (κ3) is 4.05. The lowest BCUT2D eigenvalue weighted by Crippen LogP contribution is -2.51. The van der Waals surface area contributed by atoms with Gasteiger partial charge in [-0.3, -0.25) is 14.3 Å². The van der Waals surface area contributed by atoms with Crippen LogP contribution < -0.4 is 14.5 Å². The summed E-state index contributed by atoms with van der Waals surface area (Å²) < 4.78 is 25.6. The first kappa shape index (κ1) is 20.4. The second-order valence-corrected chi connectivity index (χ2v) is 9.87. The third-order valence-electron chi connectivity index (χ3n) is 5.44. The average molecular weight is 428 g/mol. The van der Waals surface area contributed by atoms with Crippen molar-refractivity contribution in [1.82, 2.24) is 0 Å². The molecule has 2 aromatic carbocycles. The Labute approximate surface area is 176 Å². The largest absolute Gasteiger partial charge is 0.308 e. The molecular formula is C22H25N3O4S. The SMILES string of the molecule is CC(=O)N1c2ccc(-c3cccc(NS(C)(=O)=O)c3)cc2N(C(=O)C2CC2)C[C@@H]1C. The van der Waals surface area contributed by atoms with Gasteiger partial charge >= 0.3 is 0 Å². The fraction of sp³-hybridized carbons (Fsp3) is 0.364. The summed E-state index contributed by atoms with van der Waals surface area (Å²) in [5.74, 6) is 0.116. The molecule has 1 saturated carbocycles. The zero-order valence-electron chi connectivity index (χ0n) is 17.3. The number of benzene rings is 2. The lowest BCUT2D eigenvalue weighted by Gasteiger charge is -2.41. The molecule has 1 atom stereocenters. The number of hydrogen-bond acceptors (Lipinski definition) is 4. The van der Waals surface area contributed by atoms with Gasteiger partial charge in [-0.2, -0.15) is 0 Å². The highest BCUT2D eigenvalue weighted by Gasteiger charge is 2.39. The van der Waals surface area contributed by atoms with Gasteiger partial charge in [-0.25, -0.2) is 8.42 Å². The van der Waals surface area contributed by atoms with Gasteiger partial charge in [0.2, 0.25) is 21.8 Å². The van der Waals surface area contributed by atoms with Crippen LogP contribution in [-0.4, -0.2) is 39.1 Å². The Morgan fingerprint density at radius 2 is 1.73 bits per heavy atom. The Morgan fingerprint density at radius 3 is 2.37 bits per heavy atom. The highest BCUT2D eigenvalue weighted by molar-refractivity contribution is 7.92. The van der Waals surface area contributed by atoms with Crippen molar-refractivity contribution in [1.29, 1.82) is 0 Å². The van der Waals surface area contributed by atoms with Crippen LogP contribution in [0.5, 0.6) is 0 Å². The number of nitrogens with zero attached hydrogens (tertiary/aromatic N) is 2. The van der Waals surface area contributed by atoms with Gasteiger partial charge in [0.1, 0.15) is 0 Å². The minimum atomic E-state index is -3.38. The van der Waals surface area contributed by atoms with E-state index in [1.54, 1.807) is 28.0 Å². The van der Waals surface area contributed by atoms with Gasteiger partial charge in [-0.1, -0.05) is 18.2 Å². The minimum Gasteiger partial charge on any atom is -0.308 e. The number of nitrogens with one attached hydrogen (secondary N) is 1. The van der Waals surface area contributed by atoms with Crippen molar-refractivity contribution in [3.8, 4) is 11.1 Å². The van der Waals surface area contributed by atoms with Crippen molar-refractivity contribution in [3.05, 3.63) is 42.5 Å². The van der Waals surface area contributed by atoms with E-state index in [2.05, 4.69) is 4.72 Å². The quantitative estimate of drug-likeness (QED) is 0.812. The summed E-state index contributed by atoms with van der Waals surface area (Å²) in [5, 5.41) is 0. The molecule has 30 heavy (non-hydrogen) atoms. The molecule has 0 saturated heterocycles. The molecular weight excluding hydrogens is 402 g/mol. The normalized spacial score (nSPS) is 18.7. The number of fused-ring (bicyclic) bond motifs is 1. The molecule has 1 heterocycles. The average Bonchev–Trinajstić information content (AvgIpc) is 3.50. The Hall–Kier alpha value is -2.87. The van der Waals surface area contributed by atoms with E-state index in [0.29, 0.717) is 12.2 Å². The maximum absolute atomic E-state index is 12.9. The second kappa shape index (κ2) is 7.43. The fourth-order valence-electron chi connectivity index (χ4n) is 4.02. The van der Waals surface area contributed by atoms with Crippen LogP contribution >= 0.6 is 0 Å². The highest BCUT2D eigenvalue weighted by Crippen LogP contribution is 2.42. The Balaban J connectivity index is 1.78. The van der Waals surface area contributed by atoms with Crippen molar-refractivity contribution in [2.45, 2.75) is 32.7 Å². The first-order chi connectivity index (χ1) is 14.1. The van der Waals surface area contributed by atoms with Crippen molar-refractivity contribution < 1.29 is 18.0 Å². The molecule has 4 rings (SSSR count). The molecule has 0 unspecified atom stereocenters. The topological polar surface area (TPSA) is 86.8 Å². The molecule has 0 bridgehead atoms. The Morgan fingerprint density at radius 1 is 1.03 bits per heavy atom. The van der Waals surface area contributed by atoms with E-state index in [9.17, 15) is 18.0 Å². The van der Waals surface area contributed by atoms with E-state index in [-0.39, 0.29) is 23.8 Å². The molecule has 0 aromatic heterocycles. The molecule has 0 spiro atoms. The molecule has 1 N–H and O–H groups in total. The first-order valence-corrected chi connectivity index (χ1v) is 11.9. The van der Waals surface area contributed by atoms with E-state index in [0.717, 1.165) is 41.6 Å². The van der Waals surface area contributed by atoms with Crippen LogP contribution in [0.2, 0.25) is 0 Å². The van der Waals surface area contributed by atoms with Crippen LogP contribution in [0.1, 0.15) is 26.7 Å². The predicted octanol–water partition coefficient (Wildman–Crippen LogP) is 3.22. The first-order valence-electron chi connectivity index (χ1n) is 9.97. The third-order valence-corrected chi connectivity index (χ3v) is 6.05. The van der Waals surface area contributed by atoms with Crippen LogP contribution in [0.25, 0.3) is 11.1 Å². The van der Waals surface area contributed by atoms with Crippen LogP contribution in [-0.2, 0) is 19.6 Å². The number of amides is 2. The van der Waals surface area contributed by atoms with Gasteiger partial charge in [-0.05, 0) is 55.2 Å². The summed E-state index contributed by atoms with van der Waals surface area (Å²) >= 11 is 0. The number of anilines is 3. The number of sulfonamides is 1. The van der Waals surface area contributed by atoms with E-state index >= 15 is 0 Å². The van der Waals surface area contributed by atoms with Crippen LogP contribution in [0, 0.1) is 5.92 Å². The minimum absolute atomic E-state index is 0.0608. The van der Waals surface area contributed by atoms with E-state index in [4.69, 9.17) is 0 Å². The molecule has 7 nitrogen and oxygen atoms in total. The molecule has 1 aliphatic heterocycles. The van der Waals surface area contributed by atoms with Crippen molar-refractivity contribution in [2.75, 3.05) is 27.3 Å². The fourth-order valence-corrected chi connectivity index (χ4v) is 4.58. The van der Waals surface area contributed by atoms with Crippen molar-refractivity contribution >= 4 is 38.9 Å². The molecule has 1 aliphatic carbocycles. The van der Waals surface area contributed by atoms with Gasteiger partial charge in [0, 0.05) is 25.1 Å². The summed E-state index contributed by atoms with van der Waals surface area (Å²) in [6.07, 6.45) is 2.93. The Bertz CT molecular complexity index is 1120. The highest BCUT2D eigenvalue weighted by atomic mass is 32.2. The molecule has 2 aromatic rings. The van der Waals surface area contributed by atoms with Crippen LogP contribution in [0.15, 0.2) is 42.5 Å². The zero-order valence-corrected chi connectivity index (χ0v) is 18.1. The monoisotopic (exact) mass is 427 g/mol. The lowest BCUT2D eigenvalue weighted by atomic mass is 10.00. The zero-order chi connectivity index (χ0) is 21.6. The summed E-state index contributed by atoms with van der Waals surface area (Å²) in [4.78, 5) is 28.8. The van der Waals surface area contributed by atoms with Gasteiger partial charge < -0.3 is 9.80 Å². The molecule has 2 amide bonds. The smallest absolute Gasteiger partial charge is 0.230 e. The molecule has 0 radical (unpaired) electrons. The van der Waals surface area contributed by atoms with Crippen molar-refractivity contribution in [3.63, 3.8) is 0 Å². The van der Waals surface area contributed by atoms with Gasteiger partial charge in [0.25, 0.3) is 0 Å². The standard InChI is InChI=1S/C22H25N3O4S/c1-14-13-24(22(27)16-7-8-16)21-12-18(9-10-20(21)25(14)15(2)26)17-5-4-6-19(11-17)23-30(3,28)29/h4-6,9-12,14,16,23H,7-8,13H2,1-3H3/t14-/m0/s1. The summed E-state index contributed by atoms with van der Waals surface area (Å²) in [6, 6.07) is 12.7. The summed E-state index contributed by atoms with van der Waals surface area (Å²) in [5.41, 5.74) is 3.58. The second-order valence-electron chi connectivity index (χ2n) is 8.12. The lowest BCUT2D eigenvalue weighted by molar-refractivity contribution is -0.120. The predicted molar refractivity (Wildman–Crippen MR) is 118 cm³/mol. The van der Waals surface area contributed by atoms with Crippen molar-refractivity contribution in [2.24, 2.45) is 5.92 Å².